The molecule has 5 heteroatoms. The van der Waals surface area contributed by atoms with Gasteiger partial charge < -0.3 is 10.4 Å². The molecule has 0 bridgehead atoms. The van der Waals surface area contributed by atoms with E-state index in [-0.39, 0.29) is 36.4 Å². The van der Waals surface area contributed by atoms with E-state index < -0.39 is 12.0 Å². The zero-order valence-corrected chi connectivity index (χ0v) is 10.9. The van der Waals surface area contributed by atoms with Crippen molar-refractivity contribution in [3.05, 3.63) is 0 Å². The number of nitrogens with one attached hydrogen (secondary N) is 1. The molecule has 2 N–H and O–H groups in total. The van der Waals surface area contributed by atoms with E-state index in [9.17, 15) is 14.4 Å². The maximum atomic E-state index is 11.6. The second-order valence-electron chi connectivity index (χ2n) is 5.29. The smallest absolute Gasteiger partial charge is 0.326 e. The maximum absolute atomic E-state index is 11.6. The fourth-order valence-electron chi connectivity index (χ4n) is 1.30. The van der Waals surface area contributed by atoms with E-state index in [2.05, 4.69) is 5.32 Å². The molecule has 0 radical (unpaired) electrons. The Kier molecular flexibility index (Phi) is 5.85. The van der Waals surface area contributed by atoms with E-state index in [1.165, 1.54) is 0 Å². The molecule has 5 nitrogen and oxygen atoms in total. The van der Waals surface area contributed by atoms with Gasteiger partial charge in [-0.1, -0.05) is 27.7 Å². The number of carbonyl (C=O) groups is 3. The molecule has 1 amide bonds. The first-order chi connectivity index (χ1) is 7.65. The summed E-state index contributed by atoms with van der Waals surface area (Å²) in [4.78, 5) is 33.6. The van der Waals surface area contributed by atoms with Crippen molar-refractivity contribution >= 4 is 17.7 Å². The Morgan fingerprint density at radius 2 is 1.76 bits per heavy atom. The number of ketones is 1. The Balaban J connectivity index is 4.41. The molecule has 0 aliphatic heterocycles. The van der Waals surface area contributed by atoms with Gasteiger partial charge >= 0.3 is 5.97 Å². The average Bonchev–Trinajstić information content (AvgIpc) is 2.13. The summed E-state index contributed by atoms with van der Waals surface area (Å²) in [6.07, 6.45) is 0.359. The Bertz CT molecular complexity index is 304. The van der Waals surface area contributed by atoms with Crippen molar-refractivity contribution in [2.24, 2.45) is 5.41 Å². The highest BCUT2D eigenvalue weighted by Gasteiger charge is 2.24. The fourth-order valence-corrected chi connectivity index (χ4v) is 1.30. The number of carbonyl (C=O) groups excluding carboxylic acids is 2. The lowest BCUT2D eigenvalue weighted by Crippen LogP contribution is -2.43. The van der Waals surface area contributed by atoms with Gasteiger partial charge in [-0.2, -0.15) is 0 Å². The number of aliphatic carboxylic acids is 1. The van der Waals surface area contributed by atoms with Crippen LogP contribution in [0, 0.1) is 5.41 Å². The normalized spacial score (nSPS) is 12.9. The van der Waals surface area contributed by atoms with Gasteiger partial charge in [0.05, 0.1) is 0 Å². The van der Waals surface area contributed by atoms with E-state index in [0.717, 1.165) is 0 Å². The molecular formula is C12H21NO4. The van der Waals surface area contributed by atoms with Gasteiger partial charge in [0.25, 0.3) is 0 Å². The predicted molar refractivity (Wildman–Crippen MR) is 63.6 cm³/mol. The molecular weight excluding hydrogens is 222 g/mol. The molecule has 0 spiro atoms. The van der Waals surface area contributed by atoms with Crippen molar-refractivity contribution in [1.82, 2.24) is 5.32 Å². The molecule has 0 aromatic carbocycles. The quantitative estimate of drug-likeness (QED) is 0.737. The summed E-state index contributed by atoms with van der Waals surface area (Å²) >= 11 is 0. The zero-order valence-electron chi connectivity index (χ0n) is 10.9. The fraction of sp³-hybridized carbons (Fsp3) is 0.750. The summed E-state index contributed by atoms with van der Waals surface area (Å²) < 4.78 is 0. The lowest BCUT2D eigenvalue weighted by atomic mass is 9.91. The molecule has 0 rings (SSSR count). The van der Waals surface area contributed by atoms with Gasteiger partial charge in [0, 0.05) is 19.3 Å². The Hall–Kier alpha value is -1.39. The summed E-state index contributed by atoms with van der Waals surface area (Å²) in [5, 5.41) is 11.3. The molecule has 0 heterocycles. The lowest BCUT2D eigenvalue weighted by molar-refractivity contribution is -0.143. The van der Waals surface area contributed by atoms with Crippen molar-refractivity contribution in [3.63, 3.8) is 0 Å². The van der Waals surface area contributed by atoms with Gasteiger partial charge in [0.1, 0.15) is 11.8 Å². The molecule has 0 fully saturated rings. The maximum Gasteiger partial charge on any atom is 0.326 e. The highest BCUT2D eigenvalue weighted by molar-refractivity contribution is 5.89. The van der Waals surface area contributed by atoms with Crippen LogP contribution in [0.15, 0.2) is 0 Å². The van der Waals surface area contributed by atoms with E-state index in [1.807, 2.05) is 20.8 Å². The Morgan fingerprint density at radius 3 is 2.12 bits per heavy atom. The highest BCUT2D eigenvalue weighted by atomic mass is 16.4. The Labute approximate surface area is 102 Å². The number of carboxylic acid groups (broad SMARTS) is 1. The molecule has 0 saturated carbocycles. The van der Waals surface area contributed by atoms with E-state index in [4.69, 9.17) is 5.11 Å². The number of hydrogen-bond donors (Lipinski definition) is 2. The summed E-state index contributed by atoms with van der Waals surface area (Å²) in [5.74, 6) is -1.68. The monoisotopic (exact) mass is 243 g/mol. The minimum Gasteiger partial charge on any atom is -0.480 e. The summed E-state index contributed by atoms with van der Waals surface area (Å²) in [6, 6.07) is -1.11. The number of hydrogen-bond acceptors (Lipinski definition) is 3. The summed E-state index contributed by atoms with van der Waals surface area (Å²) in [6.45, 7) is 7.33. The van der Waals surface area contributed by atoms with Crippen LogP contribution in [0.5, 0.6) is 0 Å². The SMILES string of the molecule is CCC(=O)CC(NC(=O)CC(C)(C)C)C(=O)O. The molecule has 1 atom stereocenters. The summed E-state index contributed by atoms with van der Waals surface area (Å²) in [5.41, 5.74) is -0.206. The summed E-state index contributed by atoms with van der Waals surface area (Å²) in [7, 11) is 0. The van der Waals surface area contributed by atoms with Gasteiger partial charge in [-0.25, -0.2) is 4.79 Å². The van der Waals surface area contributed by atoms with Crippen LogP contribution in [0.3, 0.4) is 0 Å². The van der Waals surface area contributed by atoms with Crippen LogP contribution in [-0.2, 0) is 14.4 Å². The lowest BCUT2D eigenvalue weighted by Gasteiger charge is -2.19. The van der Waals surface area contributed by atoms with Crippen LogP contribution in [0.2, 0.25) is 0 Å². The third-order valence-electron chi connectivity index (χ3n) is 2.15. The second kappa shape index (κ2) is 6.37. The highest BCUT2D eigenvalue weighted by Crippen LogP contribution is 2.18. The molecule has 0 aliphatic carbocycles. The van der Waals surface area contributed by atoms with Gasteiger partial charge in [-0.3, -0.25) is 9.59 Å². The molecule has 0 aliphatic rings. The van der Waals surface area contributed by atoms with Crippen LogP contribution in [0.25, 0.3) is 0 Å². The van der Waals surface area contributed by atoms with Crippen LogP contribution >= 0.6 is 0 Å². The zero-order chi connectivity index (χ0) is 13.6. The minimum atomic E-state index is -1.17. The van der Waals surface area contributed by atoms with Crippen molar-refractivity contribution < 1.29 is 19.5 Å². The van der Waals surface area contributed by atoms with Crippen molar-refractivity contribution in [2.75, 3.05) is 0 Å². The first kappa shape index (κ1) is 15.6. The molecule has 0 saturated heterocycles. The number of rotatable bonds is 6. The van der Waals surface area contributed by atoms with E-state index in [0.29, 0.717) is 0 Å². The predicted octanol–water partition coefficient (Wildman–Crippen LogP) is 1.36. The largest absolute Gasteiger partial charge is 0.480 e. The first-order valence-corrected chi connectivity index (χ1v) is 5.69. The molecule has 0 aromatic heterocycles. The second-order valence-corrected chi connectivity index (χ2v) is 5.29. The van der Waals surface area contributed by atoms with Gasteiger partial charge in [0.2, 0.25) is 5.91 Å². The average molecular weight is 243 g/mol. The Morgan fingerprint density at radius 1 is 1.24 bits per heavy atom. The van der Waals surface area contributed by atoms with Crippen molar-refractivity contribution in [3.8, 4) is 0 Å². The molecule has 0 aromatic rings. The van der Waals surface area contributed by atoms with Gasteiger partial charge in [0.15, 0.2) is 0 Å². The van der Waals surface area contributed by atoms with Crippen LogP contribution in [-0.4, -0.2) is 28.8 Å². The number of carboxylic acids is 1. The van der Waals surface area contributed by atoms with Gasteiger partial charge in [-0.15, -0.1) is 0 Å². The van der Waals surface area contributed by atoms with Crippen LogP contribution in [0.4, 0.5) is 0 Å². The first-order valence-electron chi connectivity index (χ1n) is 5.69. The third kappa shape index (κ3) is 7.49. The topological polar surface area (TPSA) is 83.5 Å². The molecule has 17 heavy (non-hydrogen) atoms. The standard InChI is InChI=1S/C12H21NO4/c1-5-8(14)6-9(11(16)17)13-10(15)7-12(2,3)4/h9H,5-7H2,1-4H3,(H,13,15)(H,16,17). The van der Waals surface area contributed by atoms with Gasteiger partial charge in [-0.05, 0) is 5.41 Å². The molecule has 98 valence electrons. The number of Topliss-reactive ketones (excluding diaryl/α,β-unsaturated/α-hetero) is 1. The number of amides is 1. The molecule has 1 unspecified atom stereocenters. The van der Waals surface area contributed by atoms with Crippen molar-refractivity contribution in [2.45, 2.75) is 53.0 Å². The minimum absolute atomic E-state index is 0.151. The van der Waals surface area contributed by atoms with Crippen LogP contribution < -0.4 is 5.32 Å². The van der Waals surface area contributed by atoms with Crippen LogP contribution in [0.1, 0.15) is 47.0 Å². The van der Waals surface area contributed by atoms with E-state index in [1.54, 1.807) is 6.92 Å². The van der Waals surface area contributed by atoms with Crippen molar-refractivity contribution in [1.29, 1.82) is 0 Å². The van der Waals surface area contributed by atoms with E-state index >= 15 is 0 Å². The third-order valence-corrected chi connectivity index (χ3v) is 2.15.